The number of methoxy groups -OCH3 is 1. The van der Waals surface area contributed by atoms with Gasteiger partial charge in [0.1, 0.15) is 5.75 Å². The second-order valence-corrected chi connectivity index (χ2v) is 9.63. The summed E-state index contributed by atoms with van der Waals surface area (Å²) in [5, 5.41) is 3.20. The predicted octanol–water partition coefficient (Wildman–Crippen LogP) is 3.56. The molecular weight excluding hydrogens is 456 g/mol. The van der Waals surface area contributed by atoms with Crippen molar-refractivity contribution in [2.75, 3.05) is 32.1 Å². The molecule has 1 amide bonds. The number of carbonyl (C=O) groups excluding carboxylic acids is 2. The Bertz CT molecular complexity index is 1080. The molecule has 1 aliphatic heterocycles. The molecular formula is C22H25ClN2O6S. The fourth-order valence-electron chi connectivity index (χ4n) is 3.48. The Morgan fingerprint density at radius 1 is 1.12 bits per heavy atom. The molecule has 0 aliphatic carbocycles. The molecule has 1 heterocycles. The fraction of sp³-hybridized carbons (Fsp3) is 0.364. The molecule has 0 atom stereocenters. The van der Waals surface area contributed by atoms with Crippen LogP contribution in [-0.4, -0.2) is 51.4 Å². The Labute approximate surface area is 192 Å². The minimum absolute atomic E-state index is 0.0271. The number of rotatable bonds is 7. The molecule has 8 nitrogen and oxygen atoms in total. The summed E-state index contributed by atoms with van der Waals surface area (Å²) in [6.07, 6.45) is 0.794. The lowest BCUT2D eigenvalue weighted by Gasteiger charge is -2.30. The highest BCUT2D eigenvalue weighted by molar-refractivity contribution is 7.89. The summed E-state index contributed by atoms with van der Waals surface area (Å²) in [7, 11) is -2.39. The van der Waals surface area contributed by atoms with Gasteiger partial charge in [-0.3, -0.25) is 9.59 Å². The molecule has 2 aromatic rings. The second kappa shape index (κ2) is 10.3. The maximum atomic E-state index is 13.2. The van der Waals surface area contributed by atoms with E-state index < -0.39 is 15.9 Å². The second-order valence-electron chi connectivity index (χ2n) is 7.25. The number of hydrogen-bond acceptors (Lipinski definition) is 6. The van der Waals surface area contributed by atoms with E-state index in [9.17, 15) is 18.0 Å². The number of ether oxygens (including phenoxy) is 2. The Morgan fingerprint density at radius 2 is 1.78 bits per heavy atom. The van der Waals surface area contributed by atoms with Crippen molar-refractivity contribution in [2.24, 2.45) is 5.92 Å². The van der Waals surface area contributed by atoms with Crippen molar-refractivity contribution in [3.8, 4) is 5.75 Å². The molecule has 0 saturated carbocycles. The van der Waals surface area contributed by atoms with Gasteiger partial charge < -0.3 is 14.8 Å². The molecule has 32 heavy (non-hydrogen) atoms. The molecule has 1 saturated heterocycles. The van der Waals surface area contributed by atoms with Crippen LogP contribution in [0.1, 0.15) is 30.1 Å². The number of carbonyl (C=O) groups is 2. The van der Waals surface area contributed by atoms with E-state index in [1.54, 1.807) is 31.2 Å². The maximum Gasteiger partial charge on any atom is 0.309 e. The van der Waals surface area contributed by atoms with Crippen molar-refractivity contribution in [2.45, 2.75) is 24.7 Å². The van der Waals surface area contributed by atoms with E-state index in [4.69, 9.17) is 21.1 Å². The first-order valence-corrected chi connectivity index (χ1v) is 12.0. The van der Waals surface area contributed by atoms with Gasteiger partial charge in [-0.2, -0.15) is 4.31 Å². The fourth-order valence-corrected chi connectivity index (χ4v) is 5.10. The first-order chi connectivity index (χ1) is 15.3. The van der Waals surface area contributed by atoms with Crippen molar-refractivity contribution in [1.82, 2.24) is 4.31 Å². The minimum Gasteiger partial charge on any atom is -0.495 e. The molecule has 3 rings (SSSR count). The third-order valence-corrected chi connectivity index (χ3v) is 7.38. The van der Waals surface area contributed by atoms with E-state index >= 15 is 0 Å². The van der Waals surface area contributed by atoms with E-state index in [-0.39, 0.29) is 35.6 Å². The van der Waals surface area contributed by atoms with Crippen LogP contribution in [0.15, 0.2) is 47.4 Å². The SMILES string of the molecule is CCOC(=O)C1CCN(S(=O)(=O)c2ccc(OC)c(NC(=O)c3ccc(Cl)cc3)c2)CC1. The number of anilines is 1. The van der Waals surface area contributed by atoms with Crippen LogP contribution in [-0.2, 0) is 19.6 Å². The Hall–Kier alpha value is -2.62. The average molecular weight is 481 g/mol. The van der Waals surface area contributed by atoms with E-state index in [0.717, 1.165) is 0 Å². The van der Waals surface area contributed by atoms with Crippen molar-refractivity contribution in [1.29, 1.82) is 0 Å². The molecule has 10 heteroatoms. The van der Waals surface area contributed by atoms with Crippen LogP contribution < -0.4 is 10.1 Å². The van der Waals surface area contributed by atoms with E-state index in [2.05, 4.69) is 5.32 Å². The van der Waals surface area contributed by atoms with E-state index in [0.29, 0.717) is 35.8 Å². The van der Waals surface area contributed by atoms with Crippen molar-refractivity contribution in [3.63, 3.8) is 0 Å². The van der Waals surface area contributed by atoms with Crippen LogP contribution in [0.4, 0.5) is 5.69 Å². The molecule has 0 unspecified atom stereocenters. The van der Waals surface area contributed by atoms with Crippen LogP contribution in [0.3, 0.4) is 0 Å². The molecule has 0 bridgehead atoms. The minimum atomic E-state index is -3.82. The van der Waals surface area contributed by atoms with Gasteiger partial charge in [0.2, 0.25) is 10.0 Å². The molecule has 2 aromatic carbocycles. The lowest BCUT2D eigenvalue weighted by atomic mass is 9.98. The van der Waals surface area contributed by atoms with Crippen LogP contribution in [0.25, 0.3) is 0 Å². The summed E-state index contributed by atoms with van der Waals surface area (Å²) in [6, 6.07) is 10.6. The topological polar surface area (TPSA) is 102 Å². The monoisotopic (exact) mass is 480 g/mol. The standard InChI is InChI=1S/C22H25ClN2O6S/c1-3-31-22(27)16-10-12-25(13-11-16)32(28,29)18-8-9-20(30-2)19(14-18)24-21(26)15-4-6-17(23)7-5-15/h4-9,14,16H,3,10-13H2,1-2H3,(H,24,26). The third-order valence-electron chi connectivity index (χ3n) is 5.24. The summed E-state index contributed by atoms with van der Waals surface area (Å²) < 4.78 is 38.0. The number of sulfonamides is 1. The smallest absolute Gasteiger partial charge is 0.309 e. The molecule has 1 N–H and O–H groups in total. The van der Waals surface area contributed by atoms with Crippen LogP contribution in [0.5, 0.6) is 5.75 Å². The number of esters is 1. The number of amides is 1. The molecule has 1 aliphatic rings. The first kappa shape index (κ1) is 24.0. The summed E-state index contributed by atoms with van der Waals surface area (Å²) in [5.41, 5.74) is 0.598. The summed E-state index contributed by atoms with van der Waals surface area (Å²) in [6.45, 7) is 2.47. The zero-order chi connectivity index (χ0) is 23.3. The van der Waals surface area contributed by atoms with Crippen molar-refractivity contribution in [3.05, 3.63) is 53.1 Å². The third kappa shape index (κ3) is 5.40. The van der Waals surface area contributed by atoms with E-state index in [1.807, 2.05) is 0 Å². The zero-order valence-corrected chi connectivity index (χ0v) is 19.4. The number of hydrogen-bond donors (Lipinski definition) is 1. The van der Waals surface area contributed by atoms with Crippen LogP contribution in [0, 0.1) is 5.92 Å². The zero-order valence-electron chi connectivity index (χ0n) is 17.8. The van der Waals surface area contributed by atoms with Gasteiger partial charge in [-0.1, -0.05) is 11.6 Å². The van der Waals surface area contributed by atoms with Crippen LogP contribution in [0.2, 0.25) is 5.02 Å². The Morgan fingerprint density at radius 3 is 2.38 bits per heavy atom. The maximum absolute atomic E-state index is 13.2. The number of benzene rings is 2. The normalized spacial score (nSPS) is 15.2. The number of nitrogens with zero attached hydrogens (tertiary/aromatic N) is 1. The number of piperidine rings is 1. The van der Waals surface area contributed by atoms with Gasteiger partial charge in [0, 0.05) is 23.7 Å². The highest BCUT2D eigenvalue weighted by Crippen LogP contribution is 2.31. The molecule has 1 fully saturated rings. The first-order valence-electron chi connectivity index (χ1n) is 10.2. The lowest BCUT2D eigenvalue weighted by molar-refractivity contribution is -0.149. The van der Waals surface area contributed by atoms with Gasteiger partial charge in [0.15, 0.2) is 0 Å². The summed E-state index contributed by atoms with van der Waals surface area (Å²) in [4.78, 5) is 24.5. The van der Waals surface area contributed by atoms with Gasteiger partial charge in [-0.25, -0.2) is 8.42 Å². The van der Waals surface area contributed by atoms with Gasteiger partial charge >= 0.3 is 5.97 Å². The highest BCUT2D eigenvalue weighted by atomic mass is 35.5. The summed E-state index contributed by atoms with van der Waals surface area (Å²) in [5.74, 6) is -0.690. The molecule has 0 spiro atoms. The highest BCUT2D eigenvalue weighted by Gasteiger charge is 2.33. The van der Waals surface area contributed by atoms with Gasteiger partial charge in [-0.15, -0.1) is 0 Å². The predicted molar refractivity (Wildman–Crippen MR) is 121 cm³/mol. The quantitative estimate of drug-likeness (QED) is 0.608. The Balaban J connectivity index is 1.78. The number of halogens is 1. The summed E-state index contributed by atoms with van der Waals surface area (Å²) >= 11 is 5.86. The van der Waals surface area contributed by atoms with Crippen LogP contribution >= 0.6 is 11.6 Å². The largest absolute Gasteiger partial charge is 0.495 e. The molecule has 0 radical (unpaired) electrons. The van der Waals surface area contributed by atoms with Gasteiger partial charge in [-0.05, 0) is 62.2 Å². The molecule has 0 aromatic heterocycles. The van der Waals surface area contributed by atoms with Crippen molar-refractivity contribution >= 4 is 39.2 Å². The van der Waals surface area contributed by atoms with Gasteiger partial charge in [0.05, 0.1) is 30.2 Å². The average Bonchev–Trinajstić information content (AvgIpc) is 2.79. The lowest BCUT2D eigenvalue weighted by Crippen LogP contribution is -2.40. The van der Waals surface area contributed by atoms with Crippen molar-refractivity contribution < 1.29 is 27.5 Å². The van der Waals surface area contributed by atoms with Gasteiger partial charge in [0.25, 0.3) is 5.91 Å². The van der Waals surface area contributed by atoms with E-state index in [1.165, 1.54) is 29.6 Å². The molecule has 172 valence electrons. The number of nitrogens with one attached hydrogen (secondary N) is 1. The Kier molecular flexibility index (Phi) is 7.76.